The van der Waals surface area contributed by atoms with Gasteiger partial charge in [-0.2, -0.15) is 0 Å². The molecule has 4 aromatic rings. The summed E-state index contributed by atoms with van der Waals surface area (Å²) in [6.07, 6.45) is 3.63. The number of hydrogen-bond donors (Lipinski definition) is 1. The number of fused-ring (bicyclic) bond motifs is 3. The highest BCUT2D eigenvalue weighted by Gasteiger charge is 2.25. The number of nitrogens with one attached hydrogen (secondary N) is 1. The molecule has 2 aromatic heterocycles. The predicted molar refractivity (Wildman–Crippen MR) is 130 cm³/mol. The first-order chi connectivity index (χ1) is 16.5. The van der Waals surface area contributed by atoms with Gasteiger partial charge in [0.05, 0.1) is 18.2 Å². The maximum atomic E-state index is 13.6. The molecule has 0 fully saturated rings. The van der Waals surface area contributed by atoms with Crippen LogP contribution in [0.5, 0.6) is 5.75 Å². The minimum atomic E-state index is -0.587. The normalized spacial score (nSPS) is 13.0. The summed E-state index contributed by atoms with van der Waals surface area (Å²) in [5.41, 5.74) is 0.840. The molecule has 0 aliphatic heterocycles. The first kappa shape index (κ1) is 22.1. The number of anilines is 1. The predicted octanol–water partition coefficient (Wildman–Crippen LogP) is 3.88. The van der Waals surface area contributed by atoms with E-state index in [1.807, 2.05) is 0 Å². The van der Waals surface area contributed by atoms with E-state index in [1.165, 1.54) is 47.3 Å². The Morgan fingerprint density at radius 2 is 1.76 bits per heavy atom. The largest absolute Gasteiger partial charge is 0.497 e. The number of amides is 1. The van der Waals surface area contributed by atoms with Crippen molar-refractivity contribution in [2.75, 3.05) is 12.4 Å². The smallest absolute Gasteiger partial charge is 0.337 e. The van der Waals surface area contributed by atoms with Crippen molar-refractivity contribution in [3.8, 4) is 11.4 Å². The number of aryl methyl sites for hydroxylation is 2. The molecule has 2 aromatic carbocycles. The fourth-order valence-corrected chi connectivity index (χ4v) is 5.72. The molecule has 34 heavy (non-hydrogen) atoms. The fraction of sp³-hybridized carbons (Fsp3) is 0.240. The third kappa shape index (κ3) is 3.92. The number of ether oxygens (including phenoxy) is 1. The zero-order chi connectivity index (χ0) is 23.8. The SMILES string of the molecule is COc1ccc(-n2c(=O)c3c4c(sc3n(CC(=O)Nc3ccc(F)cc3)c2=O)CCCC4)cc1. The Kier molecular flexibility index (Phi) is 5.79. The van der Waals surface area contributed by atoms with Crippen LogP contribution < -0.4 is 21.3 Å². The summed E-state index contributed by atoms with van der Waals surface area (Å²) in [5.74, 6) is -0.252. The van der Waals surface area contributed by atoms with E-state index in [2.05, 4.69) is 5.32 Å². The van der Waals surface area contributed by atoms with Crippen LogP contribution in [-0.4, -0.2) is 22.2 Å². The molecule has 1 aliphatic rings. The van der Waals surface area contributed by atoms with Crippen LogP contribution in [0.1, 0.15) is 23.3 Å². The number of halogens is 1. The molecule has 9 heteroatoms. The molecular formula is C25H22FN3O4S. The Hall–Kier alpha value is -3.72. The van der Waals surface area contributed by atoms with Gasteiger partial charge >= 0.3 is 5.69 Å². The lowest BCUT2D eigenvalue weighted by Crippen LogP contribution is -2.40. The zero-order valence-corrected chi connectivity index (χ0v) is 19.3. The van der Waals surface area contributed by atoms with Crippen molar-refractivity contribution in [2.24, 2.45) is 0 Å². The average Bonchev–Trinajstić information content (AvgIpc) is 3.23. The molecule has 1 aliphatic carbocycles. The lowest BCUT2D eigenvalue weighted by atomic mass is 9.97. The van der Waals surface area contributed by atoms with E-state index < -0.39 is 17.4 Å². The van der Waals surface area contributed by atoms with Gasteiger partial charge in [-0.25, -0.2) is 13.8 Å². The molecule has 1 amide bonds. The number of rotatable bonds is 5. The van der Waals surface area contributed by atoms with E-state index in [4.69, 9.17) is 4.74 Å². The number of aromatic nitrogens is 2. The maximum Gasteiger partial charge on any atom is 0.337 e. The second-order valence-corrected chi connectivity index (χ2v) is 9.24. The van der Waals surface area contributed by atoms with Crippen LogP contribution in [0.15, 0.2) is 58.1 Å². The number of hydrogen-bond acceptors (Lipinski definition) is 5. The first-order valence-electron chi connectivity index (χ1n) is 11.0. The van der Waals surface area contributed by atoms with Crippen LogP contribution in [0.4, 0.5) is 10.1 Å². The molecule has 5 rings (SSSR count). The number of nitrogens with zero attached hydrogens (tertiary/aromatic N) is 2. The third-order valence-corrected chi connectivity index (χ3v) is 7.31. The lowest BCUT2D eigenvalue weighted by molar-refractivity contribution is -0.116. The van der Waals surface area contributed by atoms with Gasteiger partial charge in [0.25, 0.3) is 5.56 Å². The Morgan fingerprint density at radius 1 is 1.06 bits per heavy atom. The number of benzene rings is 2. The molecule has 0 saturated carbocycles. The van der Waals surface area contributed by atoms with Gasteiger partial charge in [0, 0.05) is 10.6 Å². The minimum absolute atomic E-state index is 0.275. The first-order valence-corrected chi connectivity index (χ1v) is 11.8. The van der Waals surface area contributed by atoms with Gasteiger partial charge in [-0.15, -0.1) is 11.3 Å². The van der Waals surface area contributed by atoms with Gasteiger partial charge < -0.3 is 10.1 Å². The van der Waals surface area contributed by atoms with Crippen LogP contribution in [0.3, 0.4) is 0 Å². The van der Waals surface area contributed by atoms with Gasteiger partial charge in [-0.1, -0.05) is 0 Å². The van der Waals surface area contributed by atoms with Gasteiger partial charge in [-0.3, -0.25) is 14.2 Å². The minimum Gasteiger partial charge on any atom is -0.497 e. The summed E-state index contributed by atoms with van der Waals surface area (Å²) in [6, 6.07) is 12.1. The van der Waals surface area contributed by atoms with Crippen LogP contribution in [0.25, 0.3) is 15.9 Å². The van der Waals surface area contributed by atoms with Gasteiger partial charge in [0.1, 0.15) is 22.9 Å². The maximum absolute atomic E-state index is 13.6. The van der Waals surface area contributed by atoms with Crippen LogP contribution >= 0.6 is 11.3 Å². The molecule has 0 unspecified atom stereocenters. The van der Waals surface area contributed by atoms with Crippen molar-refractivity contribution in [1.29, 1.82) is 0 Å². The topological polar surface area (TPSA) is 82.3 Å². The van der Waals surface area contributed by atoms with Gasteiger partial charge in [0.15, 0.2) is 0 Å². The number of carbonyl (C=O) groups is 1. The Bertz CT molecular complexity index is 1500. The van der Waals surface area contributed by atoms with Gasteiger partial charge in [-0.05, 0) is 79.8 Å². The van der Waals surface area contributed by atoms with Crippen molar-refractivity contribution in [1.82, 2.24) is 9.13 Å². The van der Waals surface area contributed by atoms with Crippen molar-refractivity contribution < 1.29 is 13.9 Å². The molecular weight excluding hydrogens is 457 g/mol. The molecule has 0 spiro atoms. The van der Waals surface area contributed by atoms with E-state index >= 15 is 0 Å². The third-order valence-electron chi connectivity index (χ3n) is 6.00. The van der Waals surface area contributed by atoms with E-state index in [1.54, 1.807) is 24.3 Å². The summed E-state index contributed by atoms with van der Waals surface area (Å²) in [7, 11) is 1.54. The highest BCUT2D eigenvalue weighted by molar-refractivity contribution is 7.18. The molecule has 174 valence electrons. The average molecular weight is 480 g/mol. The molecule has 0 saturated heterocycles. The van der Waals surface area contributed by atoms with Crippen molar-refractivity contribution >= 4 is 33.1 Å². The molecule has 1 N–H and O–H groups in total. The van der Waals surface area contributed by atoms with Gasteiger partial charge in [0.2, 0.25) is 5.91 Å². The van der Waals surface area contributed by atoms with E-state index in [-0.39, 0.29) is 12.1 Å². The molecule has 7 nitrogen and oxygen atoms in total. The number of carbonyl (C=O) groups excluding carboxylic acids is 1. The van der Waals surface area contributed by atoms with Crippen molar-refractivity contribution in [2.45, 2.75) is 32.2 Å². The fourth-order valence-electron chi connectivity index (χ4n) is 4.34. The molecule has 0 atom stereocenters. The zero-order valence-electron chi connectivity index (χ0n) is 18.5. The second kappa shape index (κ2) is 8.90. The van der Waals surface area contributed by atoms with Crippen molar-refractivity contribution in [3.63, 3.8) is 0 Å². The summed E-state index contributed by atoms with van der Waals surface area (Å²) < 4.78 is 20.9. The van der Waals surface area contributed by atoms with Crippen molar-refractivity contribution in [3.05, 3.63) is 85.6 Å². The van der Waals surface area contributed by atoms with Crippen LogP contribution in [0, 0.1) is 5.82 Å². The summed E-state index contributed by atoms with van der Waals surface area (Å²) in [5, 5.41) is 3.20. The van der Waals surface area contributed by atoms with Crippen LogP contribution in [-0.2, 0) is 24.2 Å². The number of methoxy groups -OCH3 is 1. The van der Waals surface area contributed by atoms with E-state index in [0.29, 0.717) is 27.3 Å². The standard InChI is InChI=1S/C25H22FN3O4S/c1-33-18-12-10-17(11-13-18)29-23(31)22-19-4-2-3-5-20(19)34-24(22)28(25(29)32)14-21(30)27-16-8-6-15(26)7-9-16/h6-13H,2-5,14H2,1H3,(H,27,30). The Balaban J connectivity index is 1.65. The summed E-state index contributed by atoms with van der Waals surface area (Å²) in [6.45, 7) is -0.275. The number of thiophene rings is 1. The lowest BCUT2D eigenvalue weighted by Gasteiger charge is -2.14. The summed E-state index contributed by atoms with van der Waals surface area (Å²) in [4.78, 5) is 41.6. The second-order valence-electron chi connectivity index (χ2n) is 8.15. The Morgan fingerprint density at radius 3 is 2.47 bits per heavy atom. The quantitative estimate of drug-likeness (QED) is 0.471. The van der Waals surface area contributed by atoms with E-state index in [0.717, 1.165) is 40.7 Å². The molecule has 2 heterocycles. The monoisotopic (exact) mass is 479 g/mol. The molecule has 0 bridgehead atoms. The summed E-state index contributed by atoms with van der Waals surface area (Å²) >= 11 is 1.41. The highest BCUT2D eigenvalue weighted by atomic mass is 32.1. The molecule has 0 radical (unpaired) electrons. The highest BCUT2D eigenvalue weighted by Crippen LogP contribution is 2.34. The Labute approximate surface area is 198 Å². The van der Waals surface area contributed by atoms with Crippen LogP contribution in [0.2, 0.25) is 0 Å². The van der Waals surface area contributed by atoms with E-state index in [9.17, 15) is 18.8 Å².